The largest absolute Gasteiger partial charge is 0.497 e. The minimum atomic E-state index is -0.359. The van der Waals surface area contributed by atoms with Gasteiger partial charge in [-0.15, -0.1) is 0 Å². The van der Waals surface area contributed by atoms with Crippen molar-refractivity contribution < 1.29 is 19.0 Å². The number of ether oxygens (including phenoxy) is 3. The molecule has 1 N–H and O–H groups in total. The fourth-order valence-electron chi connectivity index (χ4n) is 1.93. The predicted octanol–water partition coefficient (Wildman–Crippen LogP) is 3.25. The first kappa shape index (κ1) is 17.4. The maximum atomic E-state index is 12.0. The number of hydrogen-bond donors (Lipinski definition) is 1. The molecule has 0 aromatic heterocycles. The molecule has 0 atom stereocenters. The average Bonchev–Trinajstić information content (AvgIpc) is 2.60. The number of anilines is 1. The van der Waals surface area contributed by atoms with Gasteiger partial charge in [-0.2, -0.15) is 5.26 Å². The summed E-state index contributed by atoms with van der Waals surface area (Å²) in [6.07, 6.45) is 0. The topological polar surface area (TPSA) is 80.6 Å². The lowest BCUT2D eigenvalue weighted by Gasteiger charge is -2.13. The van der Waals surface area contributed by atoms with Crippen molar-refractivity contribution in [2.75, 3.05) is 26.1 Å². The summed E-state index contributed by atoms with van der Waals surface area (Å²) in [6, 6.07) is 11.8. The Balaban J connectivity index is 2.02. The molecule has 2 aromatic rings. The summed E-state index contributed by atoms with van der Waals surface area (Å²) in [5.41, 5.74) is 0.953. The van der Waals surface area contributed by atoms with Crippen molar-refractivity contribution in [3.63, 3.8) is 0 Å². The van der Waals surface area contributed by atoms with Crippen molar-refractivity contribution in [2.45, 2.75) is 0 Å². The van der Waals surface area contributed by atoms with Gasteiger partial charge >= 0.3 is 0 Å². The SMILES string of the molecule is COc1ccc(NC(=O)COc2c(Cl)cc(C#N)cc2OC)cc1. The molecule has 0 saturated carbocycles. The number of hydrogen-bond acceptors (Lipinski definition) is 5. The van der Waals surface area contributed by atoms with E-state index in [1.165, 1.54) is 19.2 Å². The number of amides is 1. The van der Waals surface area contributed by atoms with Gasteiger partial charge in [-0.05, 0) is 30.3 Å². The third kappa shape index (κ3) is 4.31. The van der Waals surface area contributed by atoms with E-state index in [4.69, 9.17) is 31.1 Å². The summed E-state index contributed by atoms with van der Waals surface area (Å²) in [6.45, 7) is -0.256. The van der Waals surface area contributed by atoms with Crippen LogP contribution in [0.1, 0.15) is 5.56 Å². The maximum absolute atomic E-state index is 12.0. The fraction of sp³-hybridized carbons (Fsp3) is 0.176. The van der Waals surface area contributed by atoms with Crippen molar-refractivity contribution in [1.82, 2.24) is 0 Å². The summed E-state index contributed by atoms with van der Waals surface area (Å²) in [7, 11) is 2.99. The number of carbonyl (C=O) groups is 1. The zero-order valence-electron chi connectivity index (χ0n) is 13.1. The number of methoxy groups -OCH3 is 2. The van der Waals surface area contributed by atoms with Crippen molar-refractivity contribution in [3.8, 4) is 23.3 Å². The highest BCUT2D eigenvalue weighted by molar-refractivity contribution is 6.32. The standard InChI is InChI=1S/C17H15ClN2O4/c1-22-13-5-3-12(4-6-13)20-16(21)10-24-17-14(18)7-11(9-19)8-15(17)23-2/h3-8H,10H2,1-2H3,(H,20,21). The highest BCUT2D eigenvalue weighted by Crippen LogP contribution is 2.36. The number of carbonyl (C=O) groups excluding carboxylic acids is 1. The zero-order valence-corrected chi connectivity index (χ0v) is 13.9. The molecule has 0 aliphatic rings. The molecule has 0 bridgehead atoms. The van der Waals surface area contributed by atoms with Gasteiger partial charge in [-0.3, -0.25) is 4.79 Å². The van der Waals surface area contributed by atoms with E-state index in [2.05, 4.69) is 5.32 Å². The lowest BCUT2D eigenvalue weighted by Crippen LogP contribution is -2.20. The number of rotatable bonds is 6. The Morgan fingerprint density at radius 1 is 1.21 bits per heavy atom. The predicted molar refractivity (Wildman–Crippen MR) is 89.8 cm³/mol. The van der Waals surface area contributed by atoms with Gasteiger partial charge in [0.05, 0.1) is 30.9 Å². The lowest BCUT2D eigenvalue weighted by atomic mass is 10.2. The van der Waals surface area contributed by atoms with E-state index in [-0.39, 0.29) is 29.0 Å². The monoisotopic (exact) mass is 346 g/mol. The molecular weight excluding hydrogens is 332 g/mol. The molecule has 0 fully saturated rings. The fourth-order valence-corrected chi connectivity index (χ4v) is 2.20. The van der Waals surface area contributed by atoms with Crippen LogP contribution in [0.15, 0.2) is 36.4 Å². The van der Waals surface area contributed by atoms with Gasteiger partial charge in [0.1, 0.15) is 5.75 Å². The van der Waals surface area contributed by atoms with Crippen LogP contribution in [0, 0.1) is 11.3 Å². The normalized spacial score (nSPS) is 9.75. The molecular formula is C17H15ClN2O4. The molecule has 0 radical (unpaired) electrons. The van der Waals surface area contributed by atoms with Gasteiger partial charge in [0.15, 0.2) is 18.1 Å². The van der Waals surface area contributed by atoms with Crippen LogP contribution >= 0.6 is 11.6 Å². The minimum Gasteiger partial charge on any atom is -0.497 e. The second-order valence-electron chi connectivity index (χ2n) is 4.67. The highest BCUT2D eigenvalue weighted by Gasteiger charge is 2.14. The summed E-state index contributed by atoms with van der Waals surface area (Å²) < 4.78 is 15.6. The molecule has 2 aromatic carbocycles. The number of nitriles is 1. The quantitative estimate of drug-likeness (QED) is 0.868. The van der Waals surface area contributed by atoms with Crippen LogP contribution in [0.2, 0.25) is 5.02 Å². The first-order valence-corrected chi connectivity index (χ1v) is 7.29. The molecule has 0 spiro atoms. The highest BCUT2D eigenvalue weighted by atomic mass is 35.5. The molecule has 6 nitrogen and oxygen atoms in total. The molecule has 0 aliphatic carbocycles. The van der Waals surface area contributed by atoms with Crippen LogP contribution in [-0.2, 0) is 4.79 Å². The van der Waals surface area contributed by atoms with Crippen molar-refractivity contribution >= 4 is 23.2 Å². The maximum Gasteiger partial charge on any atom is 0.262 e. The van der Waals surface area contributed by atoms with Gasteiger partial charge in [-0.25, -0.2) is 0 Å². The molecule has 1 amide bonds. The van der Waals surface area contributed by atoms with E-state index >= 15 is 0 Å². The smallest absolute Gasteiger partial charge is 0.262 e. The number of benzene rings is 2. The van der Waals surface area contributed by atoms with Gasteiger partial charge < -0.3 is 19.5 Å². The summed E-state index contributed by atoms with van der Waals surface area (Å²) in [5.74, 6) is 0.834. The Morgan fingerprint density at radius 3 is 2.50 bits per heavy atom. The molecule has 0 saturated heterocycles. The van der Waals surface area contributed by atoms with E-state index in [1.54, 1.807) is 31.4 Å². The van der Waals surface area contributed by atoms with Crippen LogP contribution in [0.25, 0.3) is 0 Å². The summed E-state index contributed by atoms with van der Waals surface area (Å²) in [4.78, 5) is 12.0. The van der Waals surface area contributed by atoms with E-state index in [0.29, 0.717) is 17.0 Å². The lowest BCUT2D eigenvalue weighted by molar-refractivity contribution is -0.118. The van der Waals surface area contributed by atoms with Crippen molar-refractivity contribution in [3.05, 3.63) is 47.0 Å². The van der Waals surface area contributed by atoms with E-state index < -0.39 is 0 Å². The van der Waals surface area contributed by atoms with Gasteiger partial charge in [0, 0.05) is 11.8 Å². The van der Waals surface area contributed by atoms with Crippen LogP contribution in [-0.4, -0.2) is 26.7 Å². The Morgan fingerprint density at radius 2 is 1.92 bits per heavy atom. The summed E-state index contributed by atoms with van der Waals surface area (Å²) in [5, 5.41) is 11.8. The third-order valence-corrected chi connectivity index (χ3v) is 3.36. The molecule has 0 aliphatic heterocycles. The Labute approximate surface area is 144 Å². The molecule has 24 heavy (non-hydrogen) atoms. The van der Waals surface area contributed by atoms with Crippen molar-refractivity contribution in [1.29, 1.82) is 5.26 Å². The first-order valence-electron chi connectivity index (χ1n) is 6.91. The Kier molecular flexibility index (Phi) is 5.88. The van der Waals surface area contributed by atoms with E-state index in [1.807, 2.05) is 6.07 Å². The summed E-state index contributed by atoms with van der Waals surface area (Å²) >= 11 is 6.07. The number of halogens is 1. The molecule has 7 heteroatoms. The third-order valence-electron chi connectivity index (χ3n) is 3.08. The van der Waals surface area contributed by atoms with Gasteiger partial charge in [-0.1, -0.05) is 11.6 Å². The number of nitrogens with zero attached hydrogens (tertiary/aromatic N) is 1. The molecule has 2 rings (SSSR count). The zero-order chi connectivity index (χ0) is 17.5. The Hall–Kier alpha value is -2.91. The second kappa shape index (κ2) is 8.09. The molecule has 124 valence electrons. The van der Waals surface area contributed by atoms with E-state index in [9.17, 15) is 4.79 Å². The molecule has 0 unspecified atom stereocenters. The van der Waals surface area contributed by atoms with Crippen LogP contribution in [0.4, 0.5) is 5.69 Å². The average molecular weight is 347 g/mol. The second-order valence-corrected chi connectivity index (χ2v) is 5.07. The van der Waals surface area contributed by atoms with Gasteiger partial charge in [0.25, 0.3) is 5.91 Å². The van der Waals surface area contributed by atoms with E-state index in [0.717, 1.165) is 0 Å². The van der Waals surface area contributed by atoms with Gasteiger partial charge in [0.2, 0.25) is 0 Å². The van der Waals surface area contributed by atoms with Crippen LogP contribution in [0.3, 0.4) is 0 Å². The Bertz CT molecular complexity index is 769. The number of nitrogens with one attached hydrogen (secondary N) is 1. The molecule has 0 heterocycles. The first-order chi connectivity index (χ1) is 11.6. The van der Waals surface area contributed by atoms with Crippen molar-refractivity contribution in [2.24, 2.45) is 0 Å². The van der Waals surface area contributed by atoms with Crippen LogP contribution in [0.5, 0.6) is 17.2 Å². The minimum absolute atomic E-state index is 0.197. The van der Waals surface area contributed by atoms with Crippen LogP contribution < -0.4 is 19.5 Å².